The summed E-state index contributed by atoms with van der Waals surface area (Å²) in [6.45, 7) is 4.55. The second-order valence-corrected chi connectivity index (χ2v) is 3.89. The highest BCUT2D eigenvalue weighted by atomic mass is 16.5. The third kappa shape index (κ3) is 5.58. The molecule has 0 spiro atoms. The Bertz CT molecular complexity index is 124. The van der Waals surface area contributed by atoms with Gasteiger partial charge in [-0.15, -0.1) is 0 Å². The Labute approximate surface area is 87.4 Å². The molecule has 0 aliphatic carbocycles. The Kier molecular flexibility index (Phi) is 7.01. The van der Waals surface area contributed by atoms with E-state index in [0.717, 1.165) is 19.1 Å². The Balaban J connectivity index is 1.82. The molecule has 3 heteroatoms. The lowest BCUT2D eigenvalue weighted by Gasteiger charge is -2.22. The largest absolute Gasteiger partial charge is 0.380 e. The molecule has 1 rings (SSSR count). The average Bonchev–Trinajstić information content (AvgIpc) is 2.25. The second kappa shape index (κ2) is 8.21. The normalized spacial score (nSPS) is 22.5. The van der Waals surface area contributed by atoms with E-state index >= 15 is 0 Å². The fourth-order valence-corrected chi connectivity index (χ4v) is 1.81. The first-order valence-electron chi connectivity index (χ1n) is 5.75. The molecule has 3 N–H and O–H groups in total. The van der Waals surface area contributed by atoms with Gasteiger partial charge in [0.1, 0.15) is 0 Å². The highest BCUT2D eigenvalue weighted by molar-refractivity contribution is 4.83. The lowest BCUT2D eigenvalue weighted by molar-refractivity contribution is 0.136. The Morgan fingerprint density at radius 3 is 3.00 bits per heavy atom. The van der Waals surface area contributed by atoms with Crippen LogP contribution in [0.2, 0.25) is 0 Å². The van der Waals surface area contributed by atoms with Crippen LogP contribution in [0.3, 0.4) is 0 Å². The van der Waals surface area contributed by atoms with Gasteiger partial charge in [-0.3, -0.25) is 0 Å². The van der Waals surface area contributed by atoms with Crippen LogP contribution in [0, 0.1) is 12.3 Å². The first-order valence-corrected chi connectivity index (χ1v) is 5.75. The summed E-state index contributed by atoms with van der Waals surface area (Å²) in [7, 11) is 0. The van der Waals surface area contributed by atoms with E-state index in [2.05, 4.69) is 11.7 Å². The van der Waals surface area contributed by atoms with Gasteiger partial charge in [-0.2, -0.15) is 0 Å². The molecule has 14 heavy (non-hydrogen) atoms. The van der Waals surface area contributed by atoms with Crippen LogP contribution in [0.15, 0.2) is 0 Å². The topological polar surface area (TPSA) is 47.3 Å². The van der Waals surface area contributed by atoms with E-state index in [1.54, 1.807) is 0 Å². The van der Waals surface area contributed by atoms with Crippen LogP contribution in [0.5, 0.6) is 0 Å². The van der Waals surface area contributed by atoms with Gasteiger partial charge in [0.25, 0.3) is 0 Å². The number of ether oxygens (including phenoxy) is 1. The van der Waals surface area contributed by atoms with Crippen molar-refractivity contribution in [3.8, 4) is 0 Å². The molecule has 0 saturated carbocycles. The molecule has 0 aromatic rings. The summed E-state index contributed by atoms with van der Waals surface area (Å²) in [4.78, 5) is 0. The Morgan fingerprint density at radius 1 is 1.36 bits per heavy atom. The molecule has 1 fully saturated rings. The molecule has 1 heterocycles. The maximum atomic E-state index is 5.32. The highest BCUT2D eigenvalue weighted by Gasteiger charge is 2.11. The van der Waals surface area contributed by atoms with Crippen molar-refractivity contribution in [2.45, 2.75) is 25.7 Å². The van der Waals surface area contributed by atoms with Crippen molar-refractivity contribution < 1.29 is 4.74 Å². The van der Waals surface area contributed by atoms with Crippen molar-refractivity contribution in [3.63, 3.8) is 0 Å². The van der Waals surface area contributed by atoms with Gasteiger partial charge in [0, 0.05) is 13.2 Å². The quantitative estimate of drug-likeness (QED) is 0.600. The van der Waals surface area contributed by atoms with E-state index < -0.39 is 0 Å². The van der Waals surface area contributed by atoms with Crippen LogP contribution in [0.4, 0.5) is 0 Å². The lowest BCUT2D eigenvalue weighted by atomic mass is 9.94. The first kappa shape index (κ1) is 12.0. The van der Waals surface area contributed by atoms with Crippen LogP contribution >= 0.6 is 0 Å². The Morgan fingerprint density at radius 2 is 2.29 bits per heavy atom. The molecule has 1 aliphatic rings. The highest BCUT2D eigenvalue weighted by Crippen LogP contribution is 2.15. The summed E-state index contributed by atoms with van der Waals surface area (Å²) in [5.41, 5.74) is 5.32. The van der Waals surface area contributed by atoms with Crippen LogP contribution in [0.25, 0.3) is 0 Å². The molecule has 0 amide bonds. The molecule has 3 nitrogen and oxygen atoms in total. The van der Waals surface area contributed by atoms with Crippen molar-refractivity contribution in [3.05, 3.63) is 6.42 Å². The minimum Gasteiger partial charge on any atom is -0.380 e. The molecule has 1 radical (unpaired) electrons. The predicted octanol–water partition coefficient (Wildman–Crippen LogP) is 0.946. The minimum atomic E-state index is 0.639. The van der Waals surface area contributed by atoms with Crippen molar-refractivity contribution in [2.75, 3.05) is 32.8 Å². The number of rotatable bonds is 7. The number of hydrogen-bond acceptors (Lipinski definition) is 3. The molecular formula is C11H23N2O. The van der Waals surface area contributed by atoms with Crippen LogP contribution in [-0.4, -0.2) is 32.8 Å². The van der Waals surface area contributed by atoms with Crippen LogP contribution in [-0.2, 0) is 4.74 Å². The number of nitrogens with one attached hydrogen (secondary N) is 1. The van der Waals surface area contributed by atoms with Crippen molar-refractivity contribution in [1.82, 2.24) is 5.32 Å². The maximum Gasteiger partial charge on any atom is 0.0588 e. The van der Waals surface area contributed by atoms with E-state index in [4.69, 9.17) is 10.5 Å². The molecule has 0 aromatic carbocycles. The molecule has 1 saturated heterocycles. The monoisotopic (exact) mass is 199 g/mol. The molecule has 1 atom stereocenters. The number of piperidine rings is 1. The van der Waals surface area contributed by atoms with Crippen molar-refractivity contribution in [1.29, 1.82) is 0 Å². The van der Waals surface area contributed by atoms with Gasteiger partial charge in [-0.05, 0) is 44.7 Å². The van der Waals surface area contributed by atoms with Gasteiger partial charge in [0.2, 0.25) is 0 Å². The summed E-state index contributed by atoms with van der Waals surface area (Å²) in [5.74, 6) is 0.790. The molecule has 0 bridgehead atoms. The van der Waals surface area contributed by atoms with Gasteiger partial charge in [-0.1, -0.05) is 6.42 Å². The summed E-state index contributed by atoms with van der Waals surface area (Å²) in [6, 6.07) is 0. The Hall–Kier alpha value is -0.120. The maximum absolute atomic E-state index is 5.32. The van der Waals surface area contributed by atoms with E-state index in [-0.39, 0.29) is 0 Å². The zero-order valence-corrected chi connectivity index (χ0v) is 9.00. The molecule has 1 aliphatic heterocycles. The van der Waals surface area contributed by atoms with Gasteiger partial charge >= 0.3 is 0 Å². The summed E-state index contributed by atoms with van der Waals surface area (Å²) < 4.78 is 5.32. The van der Waals surface area contributed by atoms with Gasteiger partial charge in [-0.25, -0.2) is 0 Å². The van der Waals surface area contributed by atoms with Gasteiger partial charge in [0.15, 0.2) is 0 Å². The van der Waals surface area contributed by atoms with E-state index in [1.807, 2.05) is 0 Å². The number of hydrogen-bond donors (Lipinski definition) is 2. The summed E-state index contributed by atoms with van der Waals surface area (Å²) >= 11 is 0. The minimum absolute atomic E-state index is 0.639. The smallest absolute Gasteiger partial charge is 0.0588 e. The second-order valence-electron chi connectivity index (χ2n) is 3.89. The number of unbranched alkanes of at least 4 members (excludes halogenated alkanes) is 1. The fourth-order valence-electron chi connectivity index (χ4n) is 1.81. The van der Waals surface area contributed by atoms with Crippen molar-refractivity contribution >= 4 is 0 Å². The van der Waals surface area contributed by atoms with E-state index in [0.29, 0.717) is 13.2 Å². The third-order valence-electron chi connectivity index (χ3n) is 2.60. The van der Waals surface area contributed by atoms with Crippen LogP contribution in [0.1, 0.15) is 25.7 Å². The standard InChI is InChI=1S/C11H23N2O/c12-6-9-14-8-2-1-4-11-5-3-7-13-10-11/h5,11,13H,1-4,6-10,12H2. The SMILES string of the molecule is NCCOCCCCC1[CH]CCNC1. The molecule has 0 aromatic heterocycles. The summed E-state index contributed by atoms with van der Waals surface area (Å²) in [6.07, 6.45) is 7.43. The zero-order valence-electron chi connectivity index (χ0n) is 9.00. The van der Waals surface area contributed by atoms with Gasteiger partial charge in [0.05, 0.1) is 6.61 Å². The zero-order chi connectivity index (χ0) is 10.1. The molecular weight excluding hydrogens is 176 g/mol. The third-order valence-corrected chi connectivity index (χ3v) is 2.60. The molecule has 83 valence electrons. The van der Waals surface area contributed by atoms with Gasteiger partial charge < -0.3 is 15.8 Å². The summed E-state index contributed by atoms with van der Waals surface area (Å²) in [5, 5.41) is 3.42. The molecule has 1 unspecified atom stereocenters. The average molecular weight is 199 g/mol. The van der Waals surface area contributed by atoms with E-state index in [1.165, 1.54) is 32.2 Å². The lowest BCUT2D eigenvalue weighted by Crippen LogP contribution is -2.30. The first-order chi connectivity index (χ1) is 6.93. The fraction of sp³-hybridized carbons (Fsp3) is 0.909. The number of nitrogens with two attached hydrogens (primary N) is 1. The van der Waals surface area contributed by atoms with Crippen LogP contribution < -0.4 is 11.1 Å². The van der Waals surface area contributed by atoms with Crippen molar-refractivity contribution in [2.24, 2.45) is 11.7 Å². The van der Waals surface area contributed by atoms with E-state index in [9.17, 15) is 0 Å². The predicted molar refractivity (Wildman–Crippen MR) is 59.0 cm³/mol.